The van der Waals surface area contributed by atoms with Gasteiger partial charge in [-0.2, -0.15) is 13.2 Å². The van der Waals surface area contributed by atoms with Crippen molar-refractivity contribution in [2.45, 2.75) is 46.0 Å². The molecule has 0 bridgehead atoms. The molecule has 1 aromatic rings. The number of halogens is 4. The molecule has 0 heterocycles. The van der Waals surface area contributed by atoms with Crippen LogP contribution in [0.5, 0.6) is 0 Å². The Labute approximate surface area is 129 Å². The second-order valence-corrected chi connectivity index (χ2v) is 5.73. The minimum absolute atomic E-state index is 0.249. The fourth-order valence-electron chi connectivity index (χ4n) is 2.13. The molecule has 21 heavy (non-hydrogen) atoms. The molecule has 1 N–H and O–H groups in total. The molecule has 0 saturated heterocycles. The third-order valence-corrected chi connectivity index (χ3v) is 3.26. The van der Waals surface area contributed by atoms with Crippen molar-refractivity contribution in [3.8, 4) is 0 Å². The Morgan fingerprint density at radius 3 is 2.48 bits per heavy atom. The summed E-state index contributed by atoms with van der Waals surface area (Å²) in [6.07, 6.45) is -3.63. The quantitative estimate of drug-likeness (QED) is 0.788. The zero-order chi connectivity index (χ0) is 16.0. The average Bonchev–Trinajstić information content (AvgIpc) is 2.34. The van der Waals surface area contributed by atoms with Gasteiger partial charge < -0.3 is 10.2 Å². The summed E-state index contributed by atoms with van der Waals surface area (Å²) in [5.41, 5.74) is 1.26. The number of hydrogen-bond acceptors (Lipinski definition) is 2. The highest BCUT2D eigenvalue weighted by atomic mass is 35.5. The Kier molecular flexibility index (Phi) is 6.81. The van der Waals surface area contributed by atoms with Crippen molar-refractivity contribution in [2.24, 2.45) is 0 Å². The van der Waals surface area contributed by atoms with Gasteiger partial charge in [-0.1, -0.05) is 44.5 Å². The summed E-state index contributed by atoms with van der Waals surface area (Å²) in [6.45, 7) is 5.66. The molecule has 6 heteroatoms. The van der Waals surface area contributed by atoms with Crippen LogP contribution < -0.4 is 10.2 Å². The topological polar surface area (TPSA) is 15.3 Å². The monoisotopic (exact) mass is 322 g/mol. The first-order valence-corrected chi connectivity index (χ1v) is 7.45. The van der Waals surface area contributed by atoms with Gasteiger partial charge in [0.1, 0.15) is 6.54 Å². The molecule has 120 valence electrons. The van der Waals surface area contributed by atoms with E-state index in [9.17, 15) is 13.2 Å². The molecule has 2 nitrogen and oxygen atoms in total. The molecular formula is C15H22ClF3N2. The summed E-state index contributed by atoms with van der Waals surface area (Å²) < 4.78 is 38.4. The third-order valence-electron chi connectivity index (χ3n) is 2.95. The standard InChI is InChI=1S/C15H22ClF3N2/c1-4-8-21(10-15(17,18)19)14-12(9-20-11(2)3)6-5-7-13(14)16/h5-7,11,20H,4,8-10H2,1-3H3. The zero-order valence-corrected chi connectivity index (χ0v) is 13.4. The SMILES string of the molecule is CCCN(CC(F)(F)F)c1c(Cl)cccc1CNC(C)C. The maximum Gasteiger partial charge on any atom is 0.405 e. The van der Waals surface area contributed by atoms with Crippen molar-refractivity contribution in [3.05, 3.63) is 28.8 Å². The van der Waals surface area contributed by atoms with E-state index in [4.69, 9.17) is 11.6 Å². The predicted molar refractivity (Wildman–Crippen MR) is 82.0 cm³/mol. The lowest BCUT2D eigenvalue weighted by atomic mass is 10.1. The summed E-state index contributed by atoms with van der Waals surface area (Å²) >= 11 is 6.17. The van der Waals surface area contributed by atoms with Gasteiger partial charge >= 0.3 is 6.18 Å². The molecule has 0 aliphatic heterocycles. The lowest BCUT2D eigenvalue weighted by Crippen LogP contribution is -2.36. The van der Waals surface area contributed by atoms with Crippen LogP contribution in [0.15, 0.2) is 18.2 Å². The first kappa shape index (κ1) is 18.1. The molecule has 0 aromatic heterocycles. The number of rotatable bonds is 7. The van der Waals surface area contributed by atoms with Crippen molar-refractivity contribution < 1.29 is 13.2 Å². The second-order valence-electron chi connectivity index (χ2n) is 5.32. The van der Waals surface area contributed by atoms with Gasteiger partial charge in [0.2, 0.25) is 0 Å². The first-order valence-electron chi connectivity index (χ1n) is 7.07. The lowest BCUT2D eigenvalue weighted by Gasteiger charge is -2.29. The van der Waals surface area contributed by atoms with E-state index in [1.54, 1.807) is 12.1 Å². The molecule has 0 amide bonds. The van der Waals surface area contributed by atoms with Crippen LogP contribution in [0.2, 0.25) is 5.02 Å². The maximum absolute atomic E-state index is 12.8. The third kappa shape index (κ3) is 6.14. The van der Waals surface area contributed by atoms with Gasteiger partial charge in [0.15, 0.2) is 0 Å². The Balaban J connectivity index is 3.09. The Morgan fingerprint density at radius 1 is 1.29 bits per heavy atom. The van der Waals surface area contributed by atoms with Gasteiger partial charge in [-0.25, -0.2) is 0 Å². The van der Waals surface area contributed by atoms with Gasteiger partial charge in [-0.15, -0.1) is 0 Å². The van der Waals surface area contributed by atoms with Crippen molar-refractivity contribution in [1.29, 1.82) is 0 Å². The number of nitrogens with one attached hydrogen (secondary N) is 1. The highest BCUT2D eigenvalue weighted by Gasteiger charge is 2.32. The second kappa shape index (κ2) is 7.90. The van der Waals surface area contributed by atoms with E-state index in [-0.39, 0.29) is 6.04 Å². The van der Waals surface area contributed by atoms with Crippen molar-refractivity contribution >= 4 is 17.3 Å². The number of benzene rings is 1. The molecular weight excluding hydrogens is 301 g/mol. The minimum Gasteiger partial charge on any atom is -0.361 e. The van der Waals surface area contributed by atoms with Crippen molar-refractivity contribution in [2.75, 3.05) is 18.0 Å². The molecule has 0 fully saturated rings. The Hall–Kier alpha value is -0.940. The van der Waals surface area contributed by atoms with Crippen LogP contribution in [0.3, 0.4) is 0 Å². The molecule has 0 unspecified atom stereocenters. The largest absolute Gasteiger partial charge is 0.405 e. The van der Waals surface area contributed by atoms with Crippen LogP contribution in [0, 0.1) is 0 Å². The van der Waals surface area contributed by atoms with Crippen molar-refractivity contribution in [1.82, 2.24) is 5.32 Å². The van der Waals surface area contributed by atoms with E-state index in [2.05, 4.69) is 5.32 Å². The smallest absolute Gasteiger partial charge is 0.361 e. The average molecular weight is 323 g/mol. The highest BCUT2D eigenvalue weighted by molar-refractivity contribution is 6.33. The van der Waals surface area contributed by atoms with Gasteiger partial charge in [-0.3, -0.25) is 0 Å². The minimum atomic E-state index is -4.25. The summed E-state index contributed by atoms with van der Waals surface area (Å²) in [5, 5.41) is 3.58. The number of para-hydroxylation sites is 1. The van der Waals surface area contributed by atoms with Crippen molar-refractivity contribution in [3.63, 3.8) is 0 Å². The molecule has 1 aromatic carbocycles. The molecule has 0 atom stereocenters. The number of hydrogen-bond donors (Lipinski definition) is 1. The van der Waals surface area contributed by atoms with Crippen LogP contribution in [-0.2, 0) is 6.54 Å². The normalized spacial score (nSPS) is 12.0. The molecule has 0 aliphatic rings. The first-order chi connectivity index (χ1) is 9.74. The lowest BCUT2D eigenvalue weighted by molar-refractivity contribution is -0.119. The van der Waals surface area contributed by atoms with Gasteiger partial charge in [-0.05, 0) is 18.1 Å². The fraction of sp³-hybridized carbons (Fsp3) is 0.600. The Morgan fingerprint density at radius 2 is 1.95 bits per heavy atom. The van der Waals surface area contributed by atoms with Crippen LogP contribution >= 0.6 is 11.6 Å². The van der Waals surface area contributed by atoms with Gasteiger partial charge in [0.25, 0.3) is 0 Å². The summed E-state index contributed by atoms with van der Waals surface area (Å²) in [5.74, 6) is 0. The zero-order valence-electron chi connectivity index (χ0n) is 12.6. The van der Waals surface area contributed by atoms with Gasteiger partial charge in [0, 0.05) is 19.1 Å². The van der Waals surface area contributed by atoms with E-state index in [0.717, 1.165) is 5.56 Å². The maximum atomic E-state index is 12.8. The number of anilines is 1. The highest BCUT2D eigenvalue weighted by Crippen LogP contribution is 2.32. The summed E-state index contributed by atoms with van der Waals surface area (Å²) in [6, 6.07) is 5.46. The summed E-state index contributed by atoms with van der Waals surface area (Å²) in [7, 11) is 0. The number of alkyl halides is 3. The predicted octanol–water partition coefficient (Wildman–Crippen LogP) is 4.62. The molecule has 0 radical (unpaired) electrons. The van der Waals surface area contributed by atoms with E-state index >= 15 is 0 Å². The van der Waals surface area contributed by atoms with Crippen LogP contribution in [-0.4, -0.2) is 25.3 Å². The van der Waals surface area contributed by atoms with Crippen LogP contribution in [0.4, 0.5) is 18.9 Å². The van der Waals surface area contributed by atoms with Crippen LogP contribution in [0.1, 0.15) is 32.8 Å². The molecule has 0 aliphatic carbocycles. The van der Waals surface area contributed by atoms with E-state index < -0.39 is 12.7 Å². The molecule has 0 saturated carbocycles. The van der Waals surface area contributed by atoms with E-state index in [1.807, 2.05) is 26.8 Å². The van der Waals surface area contributed by atoms with E-state index in [1.165, 1.54) is 4.90 Å². The van der Waals surface area contributed by atoms with E-state index in [0.29, 0.717) is 30.2 Å². The van der Waals surface area contributed by atoms with Gasteiger partial charge in [0.05, 0.1) is 10.7 Å². The molecule has 0 spiro atoms. The fourth-order valence-corrected chi connectivity index (χ4v) is 2.44. The summed E-state index contributed by atoms with van der Waals surface area (Å²) in [4.78, 5) is 1.32. The Bertz CT molecular complexity index is 447. The van der Waals surface area contributed by atoms with Crippen LogP contribution in [0.25, 0.3) is 0 Å². The number of nitrogens with zero attached hydrogens (tertiary/aromatic N) is 1. The molecule has 1 rings (SSSR count).